The monoisotopic (exact) mass is 876 g/mol. The van der Waals surface area contributed by atoms with Crippen molar-refractivity contribution in [1.82, 2.24) is 34.0 Å². The van der Waals surface area contributed by atoms with E-state index in [0.717, 1.165) is 73.9 Å². The zero-order chi connectivity index (χ0) is 43.4. The van der Waals surface area contributed by atoms with Crippen molar-refractivity contribution in [2.45, 2.75) is 106 Å². The molecule has 11 rings (SSSR count). The number of pyridine rings is 1. The number of amides is 4. The number of nitrogens with one attached hydrogen (secondary N) is 2. The number of piperidine rings is 2. The summed E-state index contributed by atoms with van der Waals surface area (Å²) in [6.45, 7) is 2.84. The average Bonchev–Trinajstić information content (AvgIpc) is 3.92. The van der Waals surface area contributed by atoms with Gasteiger partial charge in [-0.15, -0.1) is 0 Å². The molecule has 2 N–H and O–H groups in total. The summed E-state index contributed by atoms with van der Waals surface area (Å²) < 4.78 is 47.5. The molecule has 6 heterocycles. The molecule has 17 heteroatoms. The Bertz CT molecular complexity index is 2780. The van der Waals surface area contributed by atoms with Gasteiger partial charge in [0, 0.05) is 74.3 Å². The number of fused-ring (bicyclic) bond motifs is 3. The van der Waals surface area contributed by atoms with Gasteiger partial charge in [0.25, 0.3) is 17.4 Å². The van der Waals surface area contributed by atoms with Crippen LogP contribution < -0.4 is 16.2 Å². The number of imide groups is 2. The molecule has 3 saturated carbocycles. The Balaban J connectivity index is 0.730. The molecule has 4 aliphatic heterocycles. The van der Waals surface area contributed by atoms with Gasteiger partial charge in [-0.1, -0.05) is 25.0 Å². The van der Waals surface area contributed by atoms with E-state index in [4.69, 9.17) is 4.98 Å². The van der Waals surface area contributed by atoms with Crippen molar-refractivity contribution in [2.75, 3.05) is 31.5 Å². The van der Waals surface area contributed by atoms with Gasteiger partial charge in [0.05, 0.1) is 16.0 Å². The van der Waals surface area contributed by atoms with Crippen LogP contribution in [0.4, 0.5) is 10.3 Å². The molecule has 2 bridgehead atoms. The van der Waals surface area contributed by atoms with Gasteiger partial charge in [0.15, 0.2) is 0 Å². The van der Waals surface area contributed by atoms with Gasteiger partial charge in [-0.2, -0.15) is 9.29 Å². The maximum Gasteiger partial charge on any atom is 0.262 e. The standard InChI is InChI=1S/C46H49FN8O7S/c47-37-19-34-33(43(59)55(44(34)60)38-9-10-39(56)50-42(38)58)18-36(37)46-20-27-17-35(46)29(21-46)25-52(24-27)23-26-4-3-7-32(16-26)63(61,62)53-14-12-30(13-15-53)49-45-48-22-28-8-11-40(57)54(41(28)51-45)31-5-1-2-6-31/h3-4,7-8,11,16,18-19,22,27,29-31,35,38H,1-2,5-6,9-10,12-15,17,20-21,23-25H2,(H,48,49,51)(H,50,56,58). The van der Waals surface area contributed by atoms with Crippen LogP contribution >= 0.6 is 0 Å². The van der Waals surface area contributed by atoms with E-state index >= 15 is 4.39 Å². The lowest BCUT2D eigenvalue weighted by Gasteiger charge is -2.54. The number of carbonyl (C=O) groups excluding carboxylic acids is 4. The number of likely N-dealkylation sites (tertiary alicyclic amines) is 1. The molecular formula is C46H49FN8O7S. The summed E-state index contributed by atoms with van der Waals surface area (Å²) >= 11 is 0. The van der Waals surface area contributed by atoms with E-state index < -0.39 is 50.9 Å². The summed E-state index contributed by atoms with van der Waals surface area (Å²) in [4.78, 5) is 77.0. The van der Waals surface area contributed by atoms with Crippen molar-refractivity contribution in [3.8, 4) is 0 Å². The van der Waals surface area contributed by atoms with E-state index in [9.17, 15) is 32.4 Å². The molecule has 2 aromatic carbocycles. The van der Waals surface area contributed by atoms with Crippen molar-refractivity contribution in [2.24, 2.45) is 17.8 Å². The smallest absolute Gasteiger partial charge is 0.262 e. The molecule has 6 fully saturated rings. The molecule has 15 nitrogen and oxygen atoms in total. The van der Waals surface area contributed by atoms with Crippen molar-refractivity contribution >= 4 is 50.6 Å². The quantitative estimate of drug-likeness (QED) is 0.226. The number of carbonyl (C=O) groups is 4. The number of benzene rings is 2. The Morgan fingerprint density at radius 1 is 0.889 bits per heavy atom. The molecule has 7 aliphatic rings. The van der Waals surface area contributed by atoms with E-state index in [1.54, 1.807) is 46.9 Å². The molecule has 63 heavy (non-hydrogen) atoms. The summed E-state index contributed by atoms with van der Waals surface area (Å²) in [5.74, 6) is -1.81. The minimum absolute atomic E-state index is 0.00864. The first kappa shape index (κ1) is 40.4. The molecule has 0 spiro atoms. The molecule has 0 radical (unpaired) electrons. The van der Waals surface area contributed by atoms with Crippen LogP contribution in [0.2, 0.25) is 0 Å². The molecule has 4 amide bonds. The molecule has 2 aromatic heterocycles. The summed E-state index contributed by atoms with van der Waals surface area (Å²) in [5, 5.41) is 6.43. The summed E-state index contributed by atoms with van der Waals surface area (Å²) in [6, 6.07) is 12.3. The highest BCUT2D eigenvalue weighted by Crippen LogP contribution is 2.65. The summed E-state index contributed by atoms with van der Waals surface area (Å²) in [7, 11) is -3.76. The number of rotatable bonds is 9. The molecule has 5 atom stereocenters. The van der Waals surface area contributed by atoms with Crippen molar-refractivity contribution in [1.29, 1.82) is 0 Å². The molecule has 3 aliphatic carbocycles. The molecule has 5 unspecified atom stereocenters. The van der Waals surface area contributed by atoms with Crippen LogP contribution in [0.3, 0.4) is 0 Å². The fraction of sp³-hybridized carbons (Fsp3) is 0.500. The van der Waals surface area contributed by atoms with E-state index in [0.29, 0.717) is 55.6 Å². The summed E-state index contributed by atoms with van der Waals surface area (Å²) in [6.07, 6.45) is 9.44. The van der Waals surface area contributed by atoms with E-state index in [1.807, 2.05) is 10.6 Å². The Morgan fingerprint density at radius 2 is 1.67 bits per heavy atom. The fourth-order valence-corrected chi connectivity index (χ4v) is 14.0. The van der Waals surface area contributed by atoms with E-state index in [2.05, 4.69) is 20.5 Å². The van der Waals surface area contributed by atoms with Gasteiger partial charge in [-0.3, -0.25) is 43.7 Å². The second kappa shape index (κ2) is 15.1. The van der Waals surface area contributed by atoms with Crippen LogP contribution in [0.15, 0.2) is 64.4 Å². The number of aromatic nitrogens is 3. The predicted molar refractivity (Wildman–Crippen MR) is 227 cm³/mol. The van der Waals surface area contributed by atoms with Gasteiger partial charge in [0.1, 0.15) is 17.5 Å². The highest BCUT2D eigenvalue weighted by atomic mass is 32.2. The number of anilines is 1. The first-order valence-corrected chi connectivity index (χ1v) is 23.8. The SMILES string of the molecule is O=C1CCC(N2C(=O)c3cc(F)c(C45CC6CC4C(CN(Cc4cccc(S(=O)(=O)N7CCC(Nc8ncc9ccc(=O)n(C%10CCCC%10)c9n8)CC7)c4)C6)C5)cc3C2=O)C(=O)N1. The Labute approximate surface area is 363 Å². The number of hydrogen-bond acceptors (Lipinski definition) is 11. The zero-order valence-corrected chi connectivity index (χ0v) is 35.6. The topological polar surface area (TPSA) is 184 Å². The Hall–Kier alpha value is -5.39. The third-order valence-electron chi connectivity index (χ3n) is 15.3. The third-order valence-corrected chi connectivity index (χ3v) is 17.2. The minimum atomic E-state index is -3.76. The van der Waals surface area contributed by atoms with Gasteiger partial charge >= 0.3 is 0 Å². The fourth-order valence-electron chi connectivity index (χ4n) is 12.4. The number of sulfonamides is 1. The molecule has 328 valence electrons. The number of nitrogens with zero attached hydrogens (tertiary/aromatic N) is 6. The van der Waals surface area contributed by atoms with Gasteiger partial charge in [0.2, 0.25) is 27.8 Å². The third kappa shape index (κ3) is 6.71. The second-order valence-corrected chi connectivity index (χ2v) is 20.9. The lowest BCUT2D eigenvalue weighted by Crippen LogP contribution is -2.54. The van der Waals surface area contributed by atoms with Gasteiger partial charge < -0.3 is 5.32 Å². The van der Waals surface area contributed by atoms with Crippen LogP contribution in [-0.2, 0) is 31.6 Å². The second-order valence-electron chi connectivity index (χ2n) is 19.0. The first-order chi connectivity index (χ1) is 30.4. The van der Waals surface area contributed by atoms with Crippen molar-refractivity contribution in [3.63, 3.8) is 0 Å². The maximum atomic E-state index is 16.1. The largest absolute Gasteiger partial charge is 0.351 e. The van der Waals surface area contributed by atoms with E-state index in [-0.39, 0.29) is 58.3 Å². The lowest BCUT2D eigenvalue weighted by atomic mass is 9.52. The lowest BCUT2D eigenvalue weighted by molar-refractivity contribution is -0.136. The molecular weight excluding hydrogens is 828 g/mol. The average molecular weight is 877 g/mol. The number of halogens is 1. The van der Waals surface area contributed by atoms with Crippen LogP contribution in [0.25, 0.3) is 11.0 Å². The van der Waals surface area contributed by atoms with Crippen LogP contribution in [-0.4, -0.2) is 98.9 Å². The highest BCUT2D eigenvalue weighted by Gasteiger charge is 2.62. The van der Waals surface area contributed by atoms with E-state index in [1.165, 1.54) is 6.07 Å². The van der Waals surface area contributed by atoms with Crippen LogP contribution in [0, 0.1) is 23.6 Å². The zero-order valence-electron chi connectivity index (χ0n) is 34.8. The van der Waals surface area contributed by atoms with Crippen LogP contribution in [0.5, 0.6) is 0 Å². The maximum absolute atomic E-state index is 16.1. The predicted octanol–water partition coefficient (Wildman–Crippen LogP) is 4.51. The Kier molecular flexibility index (Phi) is 9.69. The van der Waals surface area contributed by atoms with Crippen molar-refractivity contribution < 1.29 is 32.0 Å². The summed E-state index contributed by atoms with van der Waals surface area (Å²) in [5.41, 5.74) is 1.58. The Morgan fingerprint density at radius 3 is 2.44 bits per heavy atom. The molecule has 3 saturated heterocycles. The highest BCUT2D eigenvalue weighted by molar-refractivity contribution is 7.89. The first-order valence-electron chi connectivity index (χ1n) is 22.4. The van der Waals surface area contributed by atoms with Crippen molar-refractivity contribution in [3.05, 3.63) is 93.2 Å². The molecule has 4 aromatic rings. The number of hydrogen-bond donors (Lipinski definition) is 2. The van der Waals surface area contributed by atoms with Gasteiger partial charge in [-0.25, -0.2) is 17.8 Å². The minimum Gasteiger partial charge on any atom is -0.351 e. The van der Waals surface area contributed by atoms with Crippen LogP contribution in [0.1, 0.15) is 109 Å². The van der Waals surface area contributed by atoms with Gasteiger partial charge in [-0.05, 0) is 111 Å². The normalized spacial score (nSPS) is 28.0.